The molecule has 2 heterocycles. The largest absolute Gasteiger partial charge is 0.306 e. The zero-order valence-electron chi connectivity index (χ0n) is 7.91. The first-order valence-corrected chi connectivity index (χ1v) is 4.81. The Morgan fingerprint density at radius 2 is 1.55 bits per heavy atom. The molecule has 0 aliphatic carbocycles. The summed E-state index contributed by atoms with van der Waals surface area (Å²) in [5, 5.41) is 3.77. The van der Waals surface area contributed by atoms with Gasteiger partial charge < -0.3 is 5.32 Å². The molecule has 2 bridgehead atoms. The highest BCUT2D eigenvalue weighted by molar-refractivity contribution is 5.07. The fraction of sp³-hybridized carbons (Fsp3) is 1.00. The Hall–Kier alpha value is -0.0400. The number of fused-ring (bicyclic) bond motifs is 2. The van der Waals surface area contributed by atoms with E-state index >= 15 is 0 Å². The summed E-state index contributed by atoms with van der Waals surface area (Å²) >= 11 is 0. The third-order valence-electron chi connectivity index (χ3n) is 3.43. The minimum Gasteiger partial charge on any atom is -0.306 e. The molecule has 11 heavy (non-hydrogen) atoms. The minimum atomic E-state index is 0.479. The molecule has 0 aromatic rings. The van der Waals surface area contributed by atoms with Gasteiger partial charge in [-0.05, 0) is 45.4 Å². The standard InChI is InChI=1S/C10H19N/c1-8-6-9(2)4-5-10(3,7-8)11-9/h8,11H,4-7H2,1-3H3/t8?,9-,10+. The van der Waals surface area contributed by atoms with E-state index in [4.69, 9.17) is 0 Å². The highest BCUT2D eigenvalue weighted by Crippen LogP contribution is 2.44. The van der Waals surface area contributed by atoms with Crippen LogP contribution in [-0.2, 0) is 0 Å². The summed E-state index contributed by atoms with van der Waals surface area (Å²) in [5.74, 6) is 0.925. The van der Waals surface area contributed by atoms with Gasteiger partial charge in [0.2, 0.25) is 0 Å². The zero-order valence-corrected chi connectivity index (χ0v) is 7.91. The number of rotatable bonds is 0. The first-order chi connectivity index (χ1) is 5.02. The molecule has 0 aromatic carbocycles. The molecule has 64 valence electrons. The lowest BCUT2D eigenvalue weighted by Gasteiger charge is -2.40. The fourth-order valence-electron chi connectivity index (χ4n) is 3.32. The lowest BCUT2D eigenvalue weighted by molar-refractivity contribution is 0.182. The molecule has 1 N–H and O–H groups in total. The quantitative estimate of drug-likeness (QED) is 0.563. The van der Waals surface area contributed by atoms with Crippen LogP contribution in [0.5, 0.6) is 0 Å². The molecule has 0 amide bonds. The lowest BCUT2D eigenvalue weighted by Crippen LogP contribution is -2.53. The van der Waals surface area contributed by atoms with Crippen LogP contribution in [0.2, 0.25) is 0 Å². The van der Waals surface area contributed by atoms with Crippen LogP contribution in [-0.4, -0.2) is 11.1 Å². The monoisotopic (exact) mass is 153 g/mol. The third-order valence-corrected chi connectivity index (χ3v) is 3.43. The smallest absolute Gasteiger partial charge is 0.0161 e. The van der Waals surface area contributed by atoms with Crippen molar-refractivity contribution in [1.29, 1.82) is 0 Å². The summed E-state index contributed by atoms with van der Waals surface area (Å²) < 4.78 is 0. The number of nitrogens with one attached hydrogen (secondary N) is 1. The molecular weight excluding hydrogens is 134 g/mol. The van der Waals surface area contributed by atoms with Gasteiger partial charge in [-0.25, -0.2) is 0 Å². The second kappa shape index (κ2) is 2.01. The van der Waals surface area contributed by atoms with Gasteiger partial charge in [0.1, 0.15) is 0 Å². The van der Waals surface area contributed by atoms with Crippen LogP contribution in [0.25, 0.3) is 0 Å². The van der Waals surface area contributed by atoms with Crippen molar-refractivity contribution in [2.45, 2.75) is 57.5 Å². The van der Waals surface area contributed by atoms with Gasteiger partial charge in [0.15, 0.2) is 0 Å². The number of hydrogen-bond acceptors (Lipinski definition) is 1. The Morgan fingerprint density at radius 1 is 1.09 bits per heavy atom. The van der Waals surface area contributed by atoms with Crippen molar-refractivity contribution in [3.8, 4) is 0 Å². The Labute approximate surface area is 69.6 Å². The van der Waals surface area contributed by atoms with Crippen LogP contribution in [0.4, 0.5) is 0 Å². The minimum absolute atomic E-state index is 0.479. The van der Waals surface area contributed by atoms with Crippen LogP contribution in [0.15, 0.2) is 0 Å². The second-order valence-electron chi connectivity index (χ2n) is 5.26. The summed E-state index contributed by atoms with van der Waals surface area (Å²) in [4.78, 5) is 0. The SMILES string of the molecule is CC1C[C@]2(C)CC[C@](C)(C1)N2. The Kier molecular flexibility index (Phi) is 1.39. The van der Waals surface area contributed by atoms with Gasteiger partial charge >= 0.3 is 0 Å². The van der Waals surface area contributed by atoms with Gasteiger partial charge in [-0.3, -0.25) is 0 Å². The second-order valence-corrected chi connectivity index (χ2v) is 5.26. The van der Waals surface area contributed by atoms with Gasteiger partial charge in [0.05, 0.1) is 0 Å². The molecule has 2 rings (SSSR count). The molecular formula is C10H19N. The molecule has 2 saturated heterocycles. The highest BCUT2D eigenvalue weighted by atomic mass is 15.1. The van der Waals surface area contributed by atoms with E-state index in [1.54, 1.807) is 0 Å². The predicted molar refractivity (Wildman–Crippen MR) is 47.6 cm³/mol. The Balaban J connectivity index is 2.21. The van der Waals surface area contributed by atoms with Crippen LogP contribution >= 0.6 is 0 Å². The van der Waals surface area contributed by atoms with Crippen LogP contribution < -0.4 is 5.32 Å². The van der Waals surface area contributed by atoms with E-state index < -0.39 is 0 Å². The average Bonchev–Trinajstić information content (AvgIpc) is 2.01. The predicted octanol–water partition coefficient (Wildman–Crippen LogP) is 2.32. The molecule has 3 atom stereocenters. The lowest BCUT2D eigenvalue weighted by atomic mass is 9.82. The van der Waals surface area contributed by atoms with Crippen molar-refractivity contribution in [2.24, 2.45) is 5.92 Å². The van der Waals surface area contributed by atoms with E-state index in [2.05, 4.69) is 26.1 Å². The fourth-order valence-corrected chi connectivity index (χ4v) is 3.32. The van der Waals surface area contributed by atoms with Gasteiger partial charge in [-0.15, -0.1) is 0 Å². The molecule has 1 heteroatoms. The molecule has 2 aliphatic heterocycles. The number of piperidine rings is 1. The summed E-state index contributed by atoms with van der Waals surface area (Å²) in [6.07, 6.45) is 5.52. The Morgan fingerprint density at radius 3 is 2.00 bits per heavy atom. The molecule has 0 saturated carbocycles. The van der Waals surface area contributed by atoms with Crippen molar-refractivity contribution in [3.63, 3.8) is 0 Å². The topological polar surface area (TPSA) is 12.0 Å². The van der Waals surface area contributed by atoms with Gasteiger partial charge in [-0.1, -0.05) is 6.92 Å². The van der Waals surface area contributed by atoms with Crippen molar-refractivity contribution >= 4 is 0 Å². The summed E-state index contributed by atoms with van der Waals surface area (Å²) in [6.45, 7) is 7.16. The number of hydrogen-bond donors (Lipinski definition) is 1. The first kappa shape index (κ1) is 7.60. The normalized spacial score (nSPS) is 56.5. The van der Waals surface area contributed by atoms with Crippen molar-refractivity contribution in [3.05, 3.63) is 0 Å². The maximum absolute atomic E-state index is 3.77. The van der Waals surface area contributed by atoms with Gasteiger partial charge in [0, 0.05) is 11.1 Å². The molecule has 2 fully saturated rings. The van der Waals surface area contributed by atoms with Gasteiger partial charge in [-0.2, -0.15) is 0 Å². The van der Waals surface area contributed by atoms with Crippen molar-refractivity contribution in [1.82, 2.24) is 5.32 Å². The molecule has 0 aromatic heterocycles. The van der Waals surface area contributed by atoms with Crippen molar-refractivity contribution < 1.29 is 0 Å². The van der Waals surface area contributed by atoms with Crippen molar-refractivity contribution in [2.75, 3.05) is 0 Å². The zero-order chi connectivity index (χ0) is 8.11. The molecule has 1 nitrogen and oxygen atoms in total. The van der Waals surface area contributed by atoms with E-state index in [1.165, 1.54) is 25.7 Å². The van der Waals surface area contributed by atoms with Crippen LogP contribution in [0, 0.1) is 5.92 Å². The molecule has 0 radical (unpaired) electrons. The summed E-state index contributed by atoms with van der Waals surface area (Å²) in [7, 11) is 0. The van der Waals surface area contributed by atoms with Gasteiger partial charge in [0.25, 0.3) is 0 Å². The van der Waals surface area contributed by atoms with E-state index in [1.807, 2.05) is 0 Å². The van der Waals surface area contributed by atoms with E-state index in [9.17, 15) is 0 Å². The average molecular weight is 153 g/mol. The van der Waals surface area contributed by atoms with Crippen LogP contribution in [0.3, 0.4) is 0 Å². The van der Waals surface area contributed by atoms with E-state index in [-0.39, 0.29) is 0 Å². The molecule has 0 spiro atoms. The summed E-state index contributed by atoms with van der Waals surface area (Å²) in [6, 6.07) is 0. The van der Waals surface area contributed by atoms with E-state index in [0.717, 1.165) is 5.92 Å². The molecule has 1 unspecified atom stereocenters. The highest BCUT2D eigenvalue weighted by Gasteiger charge is 2.46. The first-order valence-electron chi connectivity index (χ1n) is 4.81. The van der Waals surface area contributed by atoms with Crippen LogP contribution in [0.1, 0.15) is 46.5 Å². The maximum atomic E-state index is 3.77. The van der Waals surface area contributed by atoms with E-state index in [0.29, 0.717) is 11.1 Å². The third kappa shape index (κ3) is 1.20. The Bertz CT molecular complexity index is 160. The maximum Gasteiger partial charge on any atom is 0.0161 e. The summed E-state index contributed by atoms with van der Waals surface area (Å²) in [5.41, 5.74) is 0.957. The molecule has 2 aliphatic rings.